The van der Waals surface area contributed by atoms with Crippen LogP contribution < -0.4 is 10.1 Å². The van der Waals surface area contributed by atoms with E-state index in [9.17, 15) is 23.3 Å². The average molecular weight is 476 g/mol. The molecule has 2 aromatic carbocycles. The highest BCUT2D eigenvalue weighted by Gasteiger charge is 2.32. The Morgan fingerprint density at radius 3 is 2.64 bits per heavy atom. The number of aromatic nitrogens is 3. The number of alkyl halides is 3. The number of halogens is 4. The number of nitro groups is 1. The van der Waals surface area contributed by atoms with Crippen LogP contribution in [0.5, 0.6) is 11.6 Å². The molecule has 1 N–H and O–H groups in total. The first-order valence-electron chi connectivity index (χ1n) is 9.31. The lowest BCUT2D eigenvalue weighted by atomic mass is 10.2. The molecule has 168 valence electrons. The van der Waals surface area contributed by atoms with Gasteiger partial charge in [0.05, 0.1) is 21.2 Å². The molecule has 0 aliphatic rings. The molecule has 8 nitrogen and oxygen atoms in total. The number of rotatable bonds is 5. The summed E-state index contributed by atoms with van der Waals surface area (Å²) < 4.78 is 45.0. The zero-order valence-corrected chi connectivity index (χ0v) is 17.5. The monoisotopic (exact) mass is 475 g/mol. The molecule has 4 rings (SSSR count). The summed E-state index contributed by atoms with van der Waals surface area (Å²) in [5.74, 6) is -0.604. The Morgan fingerprint density at radius 1 is 1.12 bits per heavy atom. The minimum Gasteiger partial charge on any atom is -0.431 e. The van der Waals surface area contributed by atoms with E-state index >= 15 is 0 Å². The van der Waals surface area contributed by atoms with Gasteiger partial charge in [0.15, 0.2) is 5.75 Å². The van der Waals surface area contributed by atoms with E-state index < -0.39 is 34.0 Å². The molecule has 0 amide bonds. The first kappa shape index (κ1) is 22.2. The molecule has 0 fully saturated rings. The number of aryl methyl sites for hydroxylation is 1. The van der Waals surface area contributed by atoms with Gasteiger partial charge in [0, 0.05) is 11.1 Å². The maximum Gasteiger partial charge on any atom is 0.416 e. The van der Waals surface area contributed by atoms with Crippen LogP contribution in [-0.2, 0) is 6.18 Å². The standard InChI is InChI=1S/C21H13ClF3N5O3/c1-11-5-6-12-3-2-4-16(17(12)28-11)33-20-18(30(31)32)19(26-10-27-20)29-15-9-13(21(23,24)25)7-8-14(15)22/h2-10H,1H3,(H,26,27,29). The van der Waals surface area contributed by atoms with Crippen molar-refractivity contribution in [3.8, 4) is 11.6 Å². The van der Waals surface area contributed by atoms with E-state index in [-0.39, 0.29) is 16.5 Å². The van der Waals surface area contributed by atoms with Gasteiger partial charge in [-0.15, -0.1) is 0 Å². The lowest BCUT2D eigenvalue weighted by Crippen LogP contribution is -2.07. The van der Waals surface area contributed by atoms with Crippen LogP contribution in [0.4, 0.5) is 30.4 Å². The fourth-order valence-corrected chi connectivity index (χ4v) is 3.19. The van der Waals surface area contributed by atoms with Gasteiger partial charge in [-0.1, -0.05) is 29.8 Å². The fourth-order valence-electron chi connectivity index (χ4n) is 3.02. The molecule has 2 heterocycles. The van der Waals surface area contributed by atoms with Crippen LogP contribution in [0.25, 0.3) is 10.9 Å². The molecule has 0 bridgehead atoms. The topological polar surface area (TPSA) is 103 Å². The third-order valence-electron chi connectivity index (χ3n) is 4.55. The minimum atomic E-state index is -4.63. The predicted octanol–water partition coefficient (Wildman–Crippen LogP) is 6.45. The second-order valence-electron chi connectivity index (χ2n) is 6.83. The van der Waals surface area contributed by atoms with Crippen molar-refractivity contribution in [1.82, 2.24) is 15.0 Å². The third-order valence-corrected chi connectivity index (χ3v) is 4.88. The molecule has 12 heteroatoms. The van der Waals surface area contributed by atoms with Crippen LogP contribution in [0, 0.1) is 17.0 Å². The molecular formula is C21H13ClF3N5O3. The number of ether oxygens (including phenoxy) is 1. The molecule has 0 unspecified atom stereocenters. The number of benzene rings is 2. The van der Waals surface area contributed by atoms with Gasteiger partial charge in [-0.2, -0.15) is 18.2 Å². The predicted molar refractivity (Wildman–Crippen MR) is 115 cm³/mol. The smallest absolute Gasteiger partial charge is 0.416 e. The number of hydrogen-bond acceptors (Lipinski definition) is 7. The summed E-state index contributed by atoms with van der Waals surface area (Å²) in [7, 11) is 0. The lowest BCUT2D eigenvalue weighted by molar-refractivity contribution is -0.385. The van der Waals surface area contributed by atoms with Crippen molar-refractivity contribution in [1.29, 1.82) is 0 Å². The van der Waals surface area contributed by atoms with Gasteiger partial charge >= 0.3 is 17.7 Å². The Morgan fingerprint density at radius 2 is 1.91 bits per heavy atom. The minimum absolute atomic E-state index is 0.0906. The number of hydrogen-bond donors (Lipinski definition) is 1. The first-order valence-corrected chi connectivity index (χ1v) is 9.68. The maximum atomic E-state index is 13.1. The maximum absolute atomic E-state index is 13.1. The Hall–Kier alpha value is -3.99. The molecule has 0 aliphatic heterocycles. The summed E-state index contributed by atoms with van der Waals surface area (Å²) in [5, 5.41) is 15.0. The number of para-hydroxylation sites is 1. The summed E-state index contributed by atoms with van der Waals surface area (Å²) in [6.07, 6.45) is -3.65. The summed E-state index contributed by atoms with van der Waals surface area (Å²) in [6.45, 7) is 1.78. The molecule has 4 aromatic rings. The molecule has 2 aromatic heterocycles. The SMILES string of the molecule is Cc1ccc2cccc(Oc3ncnc(Nc4cc(C(F)(F)F)ccc4Cl)c3[N+](=O)[O-])c2n1. The van der Waals surface area contributed by atoms with E-state index in [1.165, 1.54) is 0 Å². The fraction of sp³-hybridized carbons (Fsp3) is 0.0952. The van der Waals surface area contributed by atoms with Gasteiger partial charge < -0.3 is 10.1 Å². The molecule has 0 saturated carbocycles. The van der Waals surface area contributed by atoms with Gasteiger partial charge in [0.2, 0.25) is 5.82 Å². The summed E-state index contributed by atoms with van der Waals surface area (Å²) in [4.78, 5) is 23.1. The Balaban J connectivity index is 1.77. The molecule has 0 spiro atoms. The molecule has 33 heavy (non-hydrogen) atoms. The summed E-state index contributed by atoms with van der Waals surface area (Å²) in [5.41, 5.74) is -0.727. The largest absolute Gasteiger partial charge is 0.431 e. The summed E-state index contributed by atoms with van der Waals surface area (Å²) >= 11 is 6.00. The average Bonchev–Trinajstić information content (AvgIpc) is 2.75. The number of nitrogens with one attached hydrogen (secondary N) is 1. The van der Waals surface area contributed by atoms with Crippen molar-refractivity contribution >= 4 is 39.7 Å². The second kappa shape index (κ2) is 8.51. The van der Waals surface area contributed by atoms with Crippen molar-refractivity contribution in [2.24, 2.45) is 0 Å². The zero-order chi connectivity index (χ0) is 23.8. The van der Waals surface area contributed by atoms with Gasteiger partial charge in [-0.3, -0.25) is 10.1 Å². The van der Waals surface area contributed by atoms with Crippen LogP contribution in [-0.4, -0.2) is 19.9 Å². The number of fused-ring (bicyclic) bond motifs is 1. The molecule has 0 radical (unpaired) electrons. The van der Waals surface area contributed by atoms with Crippen LogP contribution >= 0.6 is 11.6 Å². The number of nitrogens with zero attached hydrogens (tertiary/aromatic N) is 4. The number of anilines is 2. The van der Waals surface area contributed by atoms with E-state index in [2.05, 4.69) is 20.3 Å². The van der Waals surface area contributed by atoms with E-state index in [4.69, 9.17) is 16.3 Å². The molecular weight excluding hydrogens is 463 g/mol. The Kier molecular flexibility index (Phi) is 5.73. The highest BCUT2D eigenvalue weighted by Crippen LogP contribution is 2.39. The van der Waals surface area contributed by atoms with Crippen molar-refractivity contribution < 1.29 is 22.8 Å². The third kappa shape index (κ3) is 4.62. The van der Waals surface area contributed by atoms with Gasteiger partial charge in [0.1, 0.15) is 11.8 Å². The van der Waals surface area contributed by atoms with Crippen LogP contribution in [0.2, 0.25) is 5.02 Å². The van der Waals surface area contributed by atoms with Crippen LogP contribution in [0.15, 0.2) is 54.9 Å². The molecule has 0 atom stereocenters. The molecule has 0 saturated heterocycles. The zero-order valence-electron chi connectivity index (χ0n) is 16.7. The first-order chi connectivity index (χ1) is 15.6. The quantitative estimate of drug-likeness (QED) is 0.261. The highest BCUT2D eigenvalue weighted by atomic mass is 35.5. The van der Waals surface area contributed by atoms with E-state index in [1.807, 2.05) is 6.07 Å². The van der Waals surface area contributed by atoms with Crippen molar-refractivity contribution in [3.63, 3.8) is 0 Å². The van der Waals surface area contributed by atoms with Gasteiger partial charge in [0.25, 0.3) is 0 Å². The Labute approximate surface area is 189 Å². The van der Waals surface area contributed by atoms with Crippen LogP contribution in [0.3, 0.4) is 0 Å². The van der Waals surface area contributed by atoms with E-state index in [1.54, 1.807) is 31.2 Å². The highest BCUT2D eigenvalue weighted by molar-refractivity contribution is 6.33. The number of pyridine rings is 1. The lowest BCUT2D eigenvalue weighted by Gasteiger charge is -2.13. The molecule has 0 aliphatic carbocycles. The van der Waals surface area contributed by atoms with E-state index in [0.29, 0.717) is 11.2 Å². The van der Waals surface area contributed by atoms with Crippen LogP contribution in [0.1, 0.15) is 11.3 Å². The van der Waals surface area contributed by atoms with Gasteiger partial charge in [-0.05, 0) is 37.3 Å². The van der Waals surface area contributed by atoms with Crippen molar-refractivity contribution in [2.45, 2.75) is 13.1 Å². The Bertz CT molecular complexity index is 1380. The van der Waals surface area contributed by atoms with Gasteiger partial charge in [-0.25, -0.2) is 9.97 Å². The summed E-state index contributed by atoms with van der Waals surface area (Å²) in [6, 6.07) is 11.2. The van der Waals surface area contributed by atoms with E-state index in [0.717, 1.165) is 29.9 Å². The second-order valence-corrected chi connectivity index (χ2v) is 7.24. The normalized spacial score (nSPS) is 11.4. The van der Waals surface area contributed by atoms with Crippen molar-refractivity contribution in [2.75, 3.05) is 5.32 Å². The van der Waals surface area contributed by atoms with Crippen molar-refractivity contribution in [3.05, 3.63) is 81.3 Å².